The molecule has 0 fully saturated rings. The zero-order valence-electron chi connectivity index (χ0n) is 14.2. The summed E-state index contributed by atoms with van der Waals surface area (Å²) in [5.41, 5.74) is 2.25. The van der Waals surface area contributed by atoms with E-state index in [0.717, 1.165) is 35.3 Å². The fraction of sp³-hybridized carbons (Fsp3) is 0.533. The van der Waals surface area contributed by atoms with Gasteiger partial charge in [0.2, 0.25) is 0 Å². The summed E-state index contributed by atoms with van der Waals surface area (Å²) in [4.78, 5) is 15.9. The summed E-state index contributed by atoms with van der Waals surface area (Å²) in [6.45, 7) is 9.84. The van der Waals surface area contributed by atoms with Crippen LogP contribution in [0.3, 0.4) is 0 Å². The third-order valence-electron chi connectivity index (χ3n) is 3.41. The van der Waals surface area contributed by atoms with Crippen LogP contribution < -0.4 is 10.6 Å². The Bertz CT molecular complexity index is 624. The summed E-state index contributed by atoms with van der Waals surface area (Å²) >= 11 is 3.50. The van der Waals surface area contributed by atoms with E-state index in [4.69, 9.17) is 0 Å². The molecular formula is C15H24IN5S2. The van der Waals surface area contributed by atoms with Crippen LogP contribution >= 0.6 is 46.7 Å². The van der Waals surface area contributed by atoms with Crippen molar-refractivity contribution in [1.29, 1.82) is 0 Å². The molecule has 2 N–H and O–H groups in total. The molecule has 128 valence electrons. The van der Waals surface area contributed by atoms with Crippen molar-refractivity contribution < 1.29 is 0 Å². The van der Waals surface area contributed by atoms with Crippen LogP contribution in [0.5, 0.6) is 0 Å². The number of aromatic nitrogens is 2. The third-order valence-corrected chi connectivity index (χ3v) is 5.61. The second-order valence-electron chi connectivity index (χ2n) is 5.10. The lowest BCUT2D eigenvalue weighted by Crippen LogP contribution is -2.37. The van der Waals surface area contributed by atoms with Crippen molar-refractivity contribution in [3.63, 3.8) is 0 Å². The largest absolute Gasteiger partial charge is 0.356 e. The molecule has 2 heterocycles. The molecule has 0 atom stereocenters. The molecule has 0 aliphatic heterocycles. The van der Waals surface area contributed by atoms with Gasteiger partial charge in [-0.05, 0) is 27.7 Å². The topological polar surface area (TPSA) is 62.2 Å². The molecule has 0 spiro atoms. The first-order valence-electron chi connectivity index (χ1n) is 7.30. The molecule has 0 saturated heterocycles. The van der Waals surface area contributed by atoms with E-state index < -0.39 is 0 Å². The Morgan fingerprint density at radius 3 is 2.00 bits per heavy atom. The Morgan fingerprint density at radius 2 is 1.52 bits per heavy atom. The van der Waals surface area contributed by atoms with Crippen molar-refractivity contribution in [2.75, 3.05) is 13.6 Å². The Kier molecular flexibility index (Phi) is 8.41. The first kappa shape index (κ1) is 20.3. The summed E-state index contributed by atoms with van der Waals surface area (Å²) in [5.74, 6) is 0.801. The first-order chi connectivity index (χ1) is 10.5. The smallest absolute Gasteiger partial charge is 0.191 e. The number of thiazole rings is 2. The van der Waals surface area contributed by atoms with E-state index in [1.165, 1.54) is 14.8 Å². The molecule has 2 aromatic rings. The number of halogens is 1. The highest BCUT2D eigenvalue weighted by Gasteiger charge is 2.06. The van der Waals surface area contributed by atoms with Gasteiger partial charge >= 0.3 is 0 Å². The maximum absolute atomic E-state index is 4.55. The van der Waals surface area contributed by atoms with Crippen molar-refractivity contribution in [3.8, 4) is 0 Å². The number of aryl methyl sites for hydroxylation is 4. The molecule has 0 aromatic carbocycles. The van der Waals surface area contributed by atoms with Gasteiger partial charge in [0, 0.05) is 29.8 Å². The van der Waals surface area contributed by atoms with Crippen LogP contribution in [0.1, 0.15) is 31.2 Å². The van der Waals surface area contributed by atoms with E-state index in [-0.39, 0.29) is 24.0 Å². The molecule has 0 radical (unpaired) electrons. The molecule has 2 rings (SSSR count). The van der Waals surface area contributed by atoms with E-state index in [9.17, 15) is 0 Å². The molecule has 0 saturated carbocycles. The highest BCUT2D eigenvalue weighted by Crippen LogP contribution is 2.17. The second kappa shape index (κ2) is 9.53. The fourth-order valence-corrected chi connectivity index (χ4v) is 3.74. The molecule has 0 amide bonds. The Labute approximate surface area is 163 Å². The number of hydrogen-bond donors (Lipinski definition) is 2. The maximum atomic E-state index is 4.55. The highest BCUT2D eigenvalue weighted by molar-refractivity contribution is 14.0. The van der Waals surface area contributed by atoms with Crippen LogP contribution in [-0.2, 0) is 13.0 Å². The average molecular weight is 465 g/mol. The van der Waals surface area contributed by atoms with Crippen LogP contribution in [0.25, 0.3) is 0 Å². The summed E-state index contributed by atoms with van der Waals surface area (Å²) < 4.78 is 0. The molecule has 5 nitrogen and oxygen atoms in total. The molecule has 0 bridgehead atoms. The SMILES string of the molecule is CN=C(NCCc1nc(C)c(C)s1)NCc1nc(C)c(C)s1.I. The van der Waals surface area contributed by atoms with E-state index >= 15 is 0 Å². The fourth-order valence-electron chi connectivity index (χ4n) is 1.93. The standard InChI is InChI=1S/C15H23N5S2.HI/c1-9-11(3)21-13(19-9)6-7-17-15(16-5)18-8-14-20-10(2)12(4)22-14;/h6-8H2,1-5H3,(H2,16,17,18);1H. The monoisotopic (exact) mass is 465 g/mol. The summed E-state index contributed by atoms with van der Waals surface area (Å²) in [5, 5.41) is 8.88. The van der Waals surface area contributed by atoms with E-state index in [1.54, 1.807) is 29.7 Å². The molecule has 0 aliphatic rings. The van der Waals surface area contributed by atoms with Crippen LogP contribution in [0.2, 0.25) is 0 Å². The van der Waals surface area contributed by atoms with Gasteiger partial charge in [-0.2, -0.15) is 0 Å². The molecular weight excluding hydrogens is 441 g/mol. The van der Waals surface area contributed by atoms with E-state index in [1.807, 2.05) is 6.92 Å². The number of nitrogens with zero attached hydrogens (tertiary/aromatic N) is 3. The minimum absolute atomic E-state index is 0. The predicted octanol–water partition coefficient (Wildman–Crippen LogP) is 3.36. The number of rotatable bonds is 5. The second-order valence-corrected chi connectivity index (χ2v) is 7.68. The Balaban J connectivity index is 0.00000264. The van der Waals surface area contributed by atoms with Crippen molar-refractivity contribution in [2.24, 2.45) is 4.99 Å². The van der Waals surface area contributed by atoms with Gasteiger partial charge in [0.05, 0.1) is 22.9 Å². The first-order valence-corrected chi connectivity index (χ1v) is 8.93. The minimum Gasteiger partial charge on any atom is -0.356 e. The Morgan fingerprint density at radius 1 is 0.957 bits per heavy atom. The van der Waals surface area contributed by atoms with Crippen LogP contribution in [0.4, 0.5) is 0 Å². The van der Waals surface area contributed by atoms with Gasteiger partial charge in [0.25, 0.3) is 0 Å². The molecule has 23 heavy (non-hydrogen) atoms. The maximum Gasteiger partial charge on any atom is 0.191 e. The molecule has 0 unspecified atom stereocenters. The van der Waals surface area contributed by atoms with E-state index in [0.29, 0.717) is 6.54 Å². The number of guanidine groups is 1. The van der Waals surface area contributed by atoms with Crippen molar-refractivity contribution in [1.82, 2.24) is 20.6 Å². The zero-order chi connectivity index (χ0) is 16.1. The zero-order valence-corrected chi connectivity index (χ0v) is 18.2. The third kappa shape index (κ3) is 6.00. The summed E-state index contributed by atoms with van der Waals surface area (Å²) in [7, 11) is 1.78. The molecule has 2 aromatic heterocycles. The van der Waals surface area contributed by atoms with Crippen molar-refractivity contribution >= 4 is 52.6 Å². The number of hydrogen-bond acceptors (Lipinski definition) is 5. The van der Waals surface area contributed by atoms with Gasteiger partial charge in [0.15, 0.2) is 5.96 Å². The quantitative estimate of drug-likeness (QED) is 0.404. The lowest BCUT2D eigenvalue weighted by Gasteiger charge is -2.10. The predicted molar refractivity (Wildman–Crippen MR) is 110 cm³/mol. The van der Waals surface area contributed by atoms with Crippen molar-refractivity contribution in [2.45, 2.75) is 40.7 Å². The molecule has 0 aliphatic carbocycles. The van der Waals surface area contributed by atoms with Gasteiger partial charge < -0.3 is 10.6 Å². The van der Waals surface area contributed by atoms with Gasteiger partial charge in [0.1, 0.15) is 5.01 Å². The van der Waals surface area contributed by atoms with Crippen LogP contribution in [-0.4, -0.2) is 29.5 Å². The van der Waals surface area contributed by atoms with Crippen LogP contribution in [0, 0.1) is 27.7 Å². The van der Waals surface area contributed by atoms with Crippen LogP contribution in [0.15, 0.2) is 4.99 Å². The van der Waals surface area contributed by atoms with Gasteiger partial charge in [-0.25, -0.2) is 9.97 Å². The summed E-state index contributed by atoms with van der Waals surface area (Å²) in [6, 6.07) is 0. The number of aliphatic imine (C=N–C) groups is 1. The van der Waals surface area contributed by atoms with Gasteiger partial charge in [-0.3, -0.25) is 4.99 Å². The lowest BCUT2D eigenvalue weighted by molar-refractivity contribution is 0.787. The summed E-state index contributed by atoms with van der Waals surface area (Å²) in [6.07, 6.45) is 0.912. The van der Waals surface area contributed by atoms with E-state index in [2.05, 4.69) is 46.4 Å². The lowest BCUT2D eigenvalue weighted by atomic mass is 10.4. The number of nitrogens with one attached hydrogen (secondary N) is 2. The van der Waals surface area contributed by atoms with Gasteiger partial charge in [-0.15, -0.1) is 46.7 Å². The highest BCUT2D eigenvalue weighted by atomic mass is 127. The molecule has 8 heteroatoms. The Hall–Kier alpha value is -0.740. The minimum atomic E-state index is 0. The van der Waals surface area contributed by atoms with Gasteiger partial charge in [-0.1, -0.05) is 0 Å². The average Bonchev–Trinajstić information content (AvgIpc) is 2.97. The normalized spacial score (nSPS) is 11.3. The van der Waals surface area contributed by atoms with Crippen molar-refractivity contribution in [3.05, 3.63) is 31.2 Å².